The summed E-state index contributed by atoms with van der Waals surface area (Å²) < 4.78 is 71.6. The van der Waals surface area contributed by atoms with E-state index in [1.807, 2.05) is 0 Å². The van der Waals surface area contributed by atoms with Crippen LogP contribution in [-0.4, -0.2) is 25.8 Å². The third kappa shape index (κ3) is 3.54. The van der Waals surface area contributed by atoms with Gasteiger partial charge in [0.25, 0.3) is 5.78 Å². The van der Waals surface area contributed by atoms with E-state index in [9.17, 15) is 22.0 Å². The molecule has 0 amide bonds. The SMILES string of the molecule is Fc1cccc(F)c1-c1c(Cl)nc2ncnn2c1NC(c1ccccc1)C(F)(F)F. The fraction of sp³-hybridized carbons (Fsp3) is 0.105. The monoisotopic (exact) mass is 439 g/mol. The van der Waals surface area contributed by atoms with E-state index in [0.29, 0.717) is 0 Å². The van der Waals surface area contributed by atoms with Crippen molar-refractivity contribution in [3.63, 3.8) is 0 Å². The van der Waals surface area contributed by atoms with Crippen molar-refractivity contribution in [1.82, 2.24) is 19.6 Å². The van der Waals surface area contributed by atoms with Crippen LogP contribution >= 0.6 is 11.6 Å². The number of halogens is 6. The summed E-state index contributed by atoms with van der Waals surface area (Å²) in [4.78, 5) is 7.71. The Morgan fingerprint density at radius 1 is 0.933 bits per heavy atom. The Bertz CT molecular complexity index is 1190. The Kier molecular flexibility index (Phi) is 5.02. The molecule has 5 nitrogen and oxygen atoms in total. The first-order chi connectivity index (χ1) is 14.3. The second-order valence-corrected chi connectivity index (χ2v) is 6.58. The van der Waals surface area contributed by atoms with Crippen molar-refractivity contribution >= 4 is 23.2 Å². The summed E-state index contributed by atoms with van der Waals surface area (Å²) in [5.74, 6) is -2.59. The molecule has 0 aliphatic rings. The second-order valence-electron chi connectivity index (χ2n) is 6.22. The molecule has 1 N–H and O–H groups in total. The number of nitrogens with one attached hydrogen (secondary N) is 1. The smallest absolute Gasteiger partial charge is 0.354 e. The van der Waals surface area contributed by atoms with Crippen LogP contribution in [0, 0.1) is 11.6 Å². The number of aromatic nitrogens is 4. The van der Waals surface area contributed by atoms with Crippen LogP contribution in [0.25, 0.3) is 16.9 Å². The topological polar surface area (TPSA) is 55.1 Å². The summed E-state index contributed by atoms with van der Waals surface area (Å²) in [5, 5.41) is 5.71. The highest BCUT2D eigenvalue weighted by atomic mass is 35.5. The number of hydrogen-bond donors (Lipinski definition) is 1. The van der Waals surface area contributed by atoms with Gasteiger partial charge in [0, 0.05) is 0 Å². The lowest BCUT2D eigenvalue weighted by Crippen LogP contribution is -2.29. The molecular weight excluding hydrogens is 429 g/mol. The lowest BCUT2D eigenvalue weighted by atomic mass is 10.0. The summed E-state index contributed by atoms with van der Waals surface area (Å²) in [7, 11) is 0. The molecule has 0 bridgehead atoms. The molecule has 2 aromatic carbocycles. The molecule has 1 unspecified atom stereocenters. The van der Waals surface area contributed by atoms with Gasteiger partial charge in [0.1, 0.15) is 35.0 Å². The Labute approximate surface area is 171 Å². The molecule has 11 heteroatoms. The standard InChI is InChI=1S/C19H11ClF5N5/c20-16-14(13-11(21)7-4-8-12(13)22)17(30-18(29-16)26-9-27-30)28-15(19(23,24)25)10-5-2-1-3-6-10/h1-9,15,28H. The molecule has 0 saturated carbocycles. The van der Waals surface area contributed by atoms with Gasteiger partial charge in [0.2, 0.25) is 0 Å². The summed E-state index contributed by atoms with van der Waals surface area (Å²) in [6.45, 7) is 0. The zero-order chi connectivity index (χ0) is 21.5. The third-order valence-electron chi connectivity index (χ3n) is 4.34. The molecule has 0 aliphatic heterocycles. The van der Waals surface area contributed by atoms with E-state index in [1.54, 1.807) is 6.07 Å². The molecule has 30 heavy (non-hydrogen) atoms. The highest BCUT2D eigenvalue weighted by Crippen LogP contribution is 2.41. The summed E-state index contributed by atoms with van der Waals surface area (Å²) >= 11 is 6.14. The van der Waals surface area contributed by atoms with Gasteiger partial charge in [-0.1, -0.05) is 48.0 Å². The van der Waals surface area contributed by atoms with Crippen LogP contribution in [0.2, 0.25) is 5.15 Å². The second kappa shape index (κ2) is 7.52. The minimum atomic E-state index is -4.75. The molecule has 4 rings (SSSR count). The van der Waals surface area contributed by atoms with Crippen molar-refractivity contribution in [2.24, 2.45) is 0 Å². The van der Waals surface area contributed by atoms with Crippen molar-refractivity contribution in [1.29, 1.82) is 0 Å². The first kappa shape index (κ1) is 20.0. The first-order valence-electron chi connectivity index (χ1n) is 8.49. The van der Waals surface area contributed by atoms with E-state index >= 15 is 0 Å². The van der Waals surface area contributed by atoms with Gasteiger partial charge in [0.15, 0.2) is 0 Å². The highest BCUT2D eigenvalue weighted by molar-refractivity contribution is 6.33. The maximum atomic E-state index is 14.5. The van der Waals surface area contributed by atoms with E-state index in [0.717, 1.165) is 29.0 Å². The number of anilines is 1. The quantitative estimate of drug-likeness (QED) is 0.340. The predicted molar refractivity (Wildman–Crippen MR) is 100 cm³/mol. The van der Waals surface area contributed by atoms with Gasteiger partial charge in [-0.25, -0.2) is 8.78 Å². The predicted octanol–water partition coefficient (Wildman–Crippen LogP) is 5.44. The summed E-state index contributed by atoms with van der Waals surface area (Å²) in [6, 6.07) is 7.82. The Balaban J connectivity index is 1.99. The maximum absolute atomic E-state index is 14.5. The van der Waals surface area contributed by atoms with E-state index < -0.39 is 46.0 Å². The van der Waals surface area contributed by atoms with Gasteiger partial charge >= 0.3 is 6.18 Å². The zero-order valence-corrected chi connectivity index (χ0v) is 15.6. The molecule has 0 saturated heterocycles. The Morgan fingerprint density at radius 2 is 1.60 bits per heavy atom. The minimum Gasteiger partial charge on any atom is -0.354 e. The van der Waals surface area contributed by atoms with Crippen LogP contribution in [0.5, 0.6) is 0 Å². The fourth-order valence-corrected chi connectivity index (χ4v) is 3.30. The van der Waals surface area contributed by atoms with Crippen molar-refractivity contribution in [2.75, 3.05) is 5.32 Å². The van der Waals surface area contributed by atoms with E-state index in [2.05, 4.69) is 20.4 Å². The number of nitrogens with zero attached hydrogens (tertiary/aromatic N) is 4. The van der Waals surface area contributed by atoms with E-state index in [-0.39, 0.29) is 11.3 Å². The maximum Gasteiger partial charge on any atom is 0.412 e. The molecule has 1 atom stereocenters. The number of hydrogen-bond acceptors (Lipinski definition) is 4. The molecule has 2 heterocycles. The molecule has 0 aliphatic carbocycles. The molecule has 0 spiro atoms. The molecule has 0 radical (unpaired) electrons. The van der Waals surface area contributed by atoms with Crippen LogP contribution in [-0.2, 0) is 0 Å². The molecule has 0 fully saturated rings. The summed E-state index contributed by atoms with van der Waals surface area (Å²) in [5.41, 5.74) is -1.16. The van der Waals surface area contributed by atoms with Gasteiger partial charge in [-0.05, 0) is 17.7 Å². The number of fused-ring (bicyclic) bond motifs is 1. The molecule has 4 aromatic rings. The number of alkyl halides is 3. The van der Waals surface area contributed by atoms with Gasteiger partial charge in [-0.3, -0.25) is 0 Å². The minimum absolute atomic E-state index is 0.119. The lowest BCUT2D eigenvalue weighted by molar-refractivity contribution is -0.144. The van der Waals surface area contributed by atoms with Gasteiger partial charge in [0.05, 0.1) is 11.1 Å². The lowest BCUT2D eigenvalue weighted by Gasteiger charge is -2.25. The van der Waals surface area contributed by atoms with E-state index in [4.69, 9.17) is 11.6 Å². The number of rotatable bonds is 4. The highest BCUT2D eigenvalue weighted by Gasteiger charge is 2.42. The van der Waals surface area contributed by atoms with Crippen molar-refractivity contribution in [3.05, 3.63) is 77.2 Å². The Morgan fingerprint density at radius 3 is 2.23 bits per heavy atom. The van der Waals surface area contributed by atoms with E-state index in [1.165, 1.54) is 24.3 Å². The summed E-state index contributed by atoms with van der Waals surface area (Å²) in [6.07, 6.45) is -3.72. The Hall–Kier alpha value is -3.27. The van der Waals surface area contributed by atoms with Crippen LogP contribution in [0.15, 0.2) is 54.9 Å². The van der Waals surface area contributed by atoms with Crippen LogP contribution in [0.3, 0.4) is 0 Å². The number of benzene rings is 2. The molecular formula is C19H11ClF5N5. The largest absolute Gasteiger partial charge is 0.412 e. The van der Waals surface area contributed by atoms with Crippen molar-refractivity contribution in [2.45, 2.75) is 12.2 Å². The zero-order valence-electron chi connectivity index (χ0n) is 14.8. The van der Waals surface area contributed by atoms with Crippen LogP contribution in [0.1, 0.15) is 11.6 Å². The van der Waals surface area contributed by atoms with Crippen molar-refractivity contribution < 1.29 is 22.0 Å². The molecule has 2 aromatic heterocycles. The van der Waals surface area contributed by atoms with Crippen LogP contribution in [0.4, 0.5) is 27.8 Å². The molecule has 154 valence electrons. The van der Waals surface area contributed by atoms with Crippen molar-refractivity contribution in [3.8, 4) is 11.1 Å². The third-order valence-corrected chi connectivity index (χ3v) is 4.61. The van der Waals surface area contributed by atoms with Gasteiger partial charge in [-0.15, -0.1) is 0 Å². The van der Waals surface area contributed by atoms with Gasteiger partial charge in [-0.2, -0.15) is 32.8 Å². The van der Waals surface area contributed by atoms with Crippen LogP contribution < -0.4 is 5.32 Å². The van der Waals surface area contributed by atoms with Gasteiger partial charge < -0.3 is 5.32 Å². The average Bonchev–Trinajstić information content (AvgIpc) is 3.15. The normalized spacial score (nSPS) is 12.9. The first-order valence-corrected chi connectivity index (χ1v) is 8.87. The fourth-order valence-electron chi connectivity index (χ4n) is 3.04. The average molecular weight is 440 g/mol.